The van der Waals surface area contributed by atoms with Crippen molar-refractivity contribution in [3.8, 4) is 10.6 Å². The first-order valence-corrected chi connectivity index (χ1v) is 12.1. The Morgan fingerprint density at radius 1 is 1.11 bits per heavy atom. The number of amides is 3. The average molecular weight is 524 g/mol. The first kappa shape index (κ1) is 27.1. The summed E-state index contributed by atoms with van der Waals surface area (Å²) in [5, 5.41) is 7.90. The van der Waals surface area contributed by atoms with Gasteiger partial charge in [0.1, 0.15) is 27.9 Å². The molecule has 0 unspecified atom stereocenters. The van der Waals surface area contributed by atoms with Crippen LogP contribution in [-0.2, 0) is 25.7 Å². The fourth-order valence-corrected chi connectivity index (χ4v) is 4.38. The Balaban J connectivity index is 1.83. The van der Waals surface area contributed by atoms with Gasteiger partial charge in [-0.05, 0) is 25.5 Å². The molecule has 11 nitrogen and oxygen atoms in total. The summed E-state index contributed by atoms with van der Waals surface area (Å²) in [4.78, 5) is 78.0. The molecule has 192 valence electrons. The zero-order valence-corrected chi connectivity index (χ0v) is 21.0. The maximum atomic E-state index is 13.1. The van der Waals surface area contributed by atoms with E-state index in [1.54, 1.807) is 6.92 Å². The number of aryl methyl sites for hydroxylation is 1. The molecular weight excluding hydrogens is 498 g/mol. The monoisotopic (exact) mass is 523 g/mol. The van der Waals surface area contributed by atoms with Crippen LogP contribution in [0.1, 0.15) is 28.2 Å². The van der Waals surface area contributed by atoms with Gasteiger partial charge in [0.15, 0.2) is 0 Å². The van der Waals surface area contributed by atoms with Crippen molar-refractivity contribution in [3.63, 3.8) is 0 Å². The van der Waals surface area contributed by atoms with Crippen LogP contribution in [0.15, 0.2) is 53.5 Å². The van der Waals surface area contributed by atoms with Crippen LogP contribution in [0.4, 0.5) is 5.69 Å². The van der Waals surface area contributed by atoms with E-state index >= 15 is 0 Å². The minimum Gasteiger partial charge on any atom is -0.353 e. The van der Waals surface area contributed by atoms with Gasteiger partial charge in [0.25, 0.3) is 17.4 Å². The Morgan fingerprint density at radius 3 is 2.51 bits per heavy atom. The van der Waals surface area contributed by atoms with Gasteiger partial charge < -0.3 is 25.3 Å². The van der Waals surface area contributed by atoms with Crippen LogP contribution in [0.2, 0.25) is 0 Å². The van der Waals surface area contributed by atoms with Crippen molar-refractivity contribution in [3.05, 3.63) is 69.6 Å². The second kappa shape index (κ2) is 12.5. The number of nitrogens with one attached hydrogen (secondary N) is 3. The molecule has 0 aliphatic rings. The summed E-state index contributed by atoms with van der Waals surface area (Å²) in [5.41, 5.74) is 0.574. The van der Waals surface area contributed by atoms with Crippen molar-refractivity contribution < 1.29 is 24.0 Å². The molecule has 0 aliphatic carbocycles. The predicted octanol–water partition coefficient (Wildman–Crippen LogP) is 1.31. The number of hydrogen-bond acceptors (Lipinski definition) is 8. The fraction of sp³-hybridized carbons (Fsp3) is 0.240. The van der Waals surface area contributed by atoms with Crippen LogP contribution in [0.5, 0.6) is 0 Å². The molecule has 0 fully saturated rings. The van der Waals surface area contributed by atoms with Gasteiger partial charge in [-0.1, -0.05) is 30.3 Å². The zero-order chi connectivity index (χ0) is 26.9. The molecule has 2 heterocycles. The summed E-state index contributed by atoms with van der Waals surface area (Å²) < 4.78 is 1.11. The third kappa shape index (κ3) is 6.82. The summed E-state index contributed by atoms with van der Waals surface area (Å²) in [6.45, 7) is 1.47. The van der Waals surface area contributed by atoms with Gasteiger partial charge in [-0.25, -0.2) is 4.98 Å². The standard InChI is InChI=1S/C25H25N5O6S/c1-15-20(37-24(27-15)16-7-4-3-5-8-16)23(35)28-17(10-11-19(32)22(34)26-2)21(33)29-18-9-6-12-30(13-14-31)25(18)36/h3-9,12,14,17H,10-11,13H2,1-2H3,(H,26,34)(H,28,35)(H,29,33)/t17-/m0/s1. The number of carbonyl (C=O) groups excluding carboxylic acids is 5. The number of benzene rings is 1. The largest absolute Gasteiger partial charge is 0.353 e. The van der Waals surface area contributed by atoms with Crippen LogP contribution in [0.3, 0.4) is 0 Å². The number of carbonyl (C=O) groups is 5. The molecule has 0 aliphatic heterocycles. The molecule has 0 spiro atoms. The highest BCUT2D eigenvalue weighted by Gasteiger charge is 2.26. The van der Waals surface area contributed by atoms with Crippen molar-refractivity contribution in [2.75, 3.05) is 12.4 Å². The van der Waals surface area contributed by atoms with E-state index in [-0.39, 0.29) is 30.0 Å². The van der Waals surface area contributed by atoms with E-state index in [2.05, 4.69) is 20.9 Å². The molecule has 0 radical (unpaired) electrons. The lowest BCUT2D eigenvalue weighted by molar-refractivity contribution is -0.137. The number of pyridine rings is 1. The van der Waals surface area contributed by atoms with Gasteiger partial charge in [-0.3, -0.25) is 24.0 Å². The van der Waals surface area contributed by atoms with Gasteiger partial charge >= 0.3 is 0 Å². The maximum absolute atomic E-state index is 13.1. The topological polar surface area (TPSA) is 156 Å². The third-order valence-electron chi connectivity index (χ3n) is 5.34. The maximum Gasteiger partial charge on any atom is 0.287 e. The number of ketones is 1. The number of thiazole rings is 1. The molecule has 0 bridgehead atoms. The van der Waals surface area contributed by atoms with Crippen LogP contribution in [0, 0.1) is 6.92 Å². The third-order valence-corrected chi connectivity index (χ3v) is 6.54. The number of aldehydes is 1. The summed E-state index contributed by atoms with van der Waals surface area (Å²) >= 11 is 1.15. The lowest BCUT2D eigenvalue weighted by Crippen LogP contribution is -2.45. The first-order valence-electron chi connectivity index (χ1n) is 11.3. The molecular formula is C25H25N5O6S. The van der Waals surface area contributed by atoms with E-state index < -0.39 is 35.1 Å². The fourth-order valence-electron chi connectivity index (χ4n) is 3.41. The van der Waals surface area contributed by atoms with Gasteiger partial charge in [0.2, 0.25) is 11.7 Å². The summed E-state index contributed by atoms with van der Waals surface area (Å²) in [7, 11) is 1.31. The number of rotatable bonds is 11. The van der Waals surface area contributed by atoms with Crippen molar-refractivity contribution >= 4 is 46.8 Å². The van der Waals surface area contributed by atoms with Crippen LogP contribution < -0.4 is 21.5 Å². The highest BCUT2D eigenvalue weighted by molar-refractivity contribution is 7.17. The Kier molecular flexibility index (Phi) is 9.16. The Labute approximate surface area is 215 Å². The van der Waals surface area contributed by atoms with Gasteiger partial charge in [-0.15, -0.1) is 11.3 Å². The molecule has 3 N–H and O–H groups in total. The van der Waals surface area contributed by atoms with E-state index in [0.29, 0.717) is 17.0 Å². The average Bonchev–Trinajstić information content (AvgIpc) is 3.30. The smallest absolute Gasteiger partial charge is 0.287 e. The quantitative estimate of drug-likeness (QED) is 0.253. The predicted molar refractivity (Wildman–Crippen MR) is 137 cm³/mol. The molecule has 0 saturated carbocycles. The Hall–Kier alpha value is -4.45. The van der Waals surface area contributed by atoms with Crippen molar-refractivity contribution in [1.29, 1.82) is 0 Å². The molecule has 37 heavy (non-hydrogen) atoms. The summed E-state index contributed by atoms with van der Waals surface area (Å²) in [6.07, 6.45) is 1.42. The minimum absolute atomic E-state index is 0.105. The van der Waals surface area contributed by atoms with Crippen molar-refractivity contribution in [1.82, 2.24) is 20.2 Å². The van der Waals surface area contributed by atoms with Crippen LogP contribution >= 0.6 is 11.3 Å². The lowest BCUT2D eigenvalue weighted by atomic mass is 10.1. The number of aromatic nitrogens is 2. The second-order valence-electron chi connectivity index (χ2n) is 7.90. The van der Waals surface area contributed by atoms with E-state index in [0.717, 1.165) is 21.5 Å². The van der Waals surface area contributed by atoms with Gasteiger partial charge in [0.05, 0.1) is 12.2 Å². The van der Waals surface area contributed by atoms with E-state index in [9.17, 15) is 28.8 Å². The van der Waals surface area contributed by atoms with E-state index in [1.165, 1.54) is 25.4 Å². The molecule has 3 rings (SSSR count). The summed E-state index contributed by atoms with van der Waals surface area (Å²) in [6, 6.07) is 10.9. The highest BCUT2D eigenvalue weighted by atomic mass is 32.1. The van der Waals surface area contributed by atoms with Crippen LogP contribution in [-0.4, -0.2) is 52.4 Å². The number of anilines is 1. The number of nitrogens with zero attached hydrogens (tertiary/aromatic N) is 2. The minimum atomic E-state index is -1.25. The molecule has 2 aromatic heterocycles. The van der Waals surface area contributed by atoms with Gasteiger partial charge in [0, 0.05) is 25.2 Å². The number of Topliss-reactive ketones (excluding diaryl/α,β-unsaturated/α-hetero) is 1. The lowest BCUT2D eigenvalue weighted by Gasteiger charge is -2.18. The van der Waals surface area contributed by atoms with Gasteiger partial charge in [-0.2, -0.15) is 0 Å². The van der Waals surface area contributed by atoms with Crippen molar-refractivity contribution in [2.45, 2.75) is 32.4 Å². The van der Waals surface area contributed by atoms with E-state index in [4.69, 9.17) is 0 Å². The number of likely N-dealkylation sites (N-methyl/N-ethyl adjacent to an activating group) is 1. The SMILES string of the molecule is CNC(=O)C(=O)CC[C@H](NC(=O)c1sc(-c2ccccc2)nc1C)C(=O)Nc1cccn(CC=O)c1=O. The molecule has 3 amide bonds. The Morgan fingerprint density at radius 2 is 1.84 bits per heavy atom. The molecule has 1 atom stereocenters. The second-order valence-corrected chi connectivity index (χ2v) is 8.90. The molecule has 1 aromatic carbocycles. The normalized spacial score (nSPS) is 11.3. The molecule has 12 heteroatoms. The van der Waals surface area contributed by atoms with E-state index in [1.807, 2.05) is 30.3 Å². The zero-order valence-electron chi connectivity index (χ0n) is 20.1. The van der Waals surface area contributed by atoms with Crippen LogP contribution in [0.25, 0.3) is 10.6 Å². The first-order chi connectivity index (χ1) is 17.7. The summed E-state index contributed by atoms with van der Waals surface area (Å²) in [5.74, 6) is -2.93. The highest BCUT2D eigenvalue weighted by Crippen LogP contribution is 2.27. The molecule has 3 aromatic rings. The molecule has 0 saturated heterocycles. The Bertz CT molecular complexity index is 1380. The van der Waals surface area contributed by atoms with Crippen molar-refractivity contribution in [2.24, 2.45) is 0 Å². The number of hydrogen-bond donors (Lipinski definition) is 3.